The number of nitrogens with two attached hydrogens (primary N) is 1. The van der Waals surface area contributed by atoms with E-state index in [2.05, 4.69) is 15.9 Å². The second-order valence-corrected chi connectivity index (χ2v) is 5.94. The Bertz CT molecular complexity index is 487. The molecule has 118 valence electrons. The van der Waals surface area contributed by atoms with Gasteiger partial charge in [0.05, 0.1) is 0 Å². The lowest BCUT2D eigenvalue weighted by molar-refractivity contribution is -0.137. The van der Waals surface area contributed by atoms with Gasteiger partial charge < -0.3 is 15.4 Å². The van der Waals surface area contributed by atoms with E-state index < -0.39 is 6.10 Å². The van der Waals surface area contributed by atoms with Crippen molar-refractivity contribution in [3.05, 3.63) is 27.7 Å². The second kappa shape index (κ2) is 8.39. The van der Waals surface area contributed by atoms with Gasteiger partial charge in [0.15, 0.2) is 6.10 Å². The Morgan fingerprint density at radius 2 is 2.00 bits per heavy atom. The second-order valence-electron chi connectivity index (χ2n) is 5.02. The summed E-state index contributed by atoms with van der Waals surface area (Å²) in [5.74, 6) is 0.790. The fourth-order valence-electron chi connectivity index (χ4n) is 2.33. The molecule has 1 atom stereocenters. The third-order valence-corrected chi connectivity index (χ3v) is 3.91. The van der Waals surface area contributed by atoms with Crippen LogP contribution in [0.5, 0.6) is 5.75 Å². The summed E-state index contributed by atoms with van der Waals surface area (Å²) in [6, 6.07) is 3.99. The maximum Gasteiger partial charge on any atom is 0.263 e. The van der Waals surface area contributed by atoms with Crippen LogP contribution in [0.1, 0.15) is 31.9 Å². The van der Waals surface area contributed by atoms with Crippen LogP contribution in [0.2, 0.25) is 0 Å². The zero-order valence-electron chi connectivity index (χ0n) is 13.3. The molecule has 1 unspecified atom stereocenters. The Morgan fingerprint density at radius 3 is 2.52 bits per heavy atom. The molecule has 1 aromatic carbocycles. The number of likely N-dealkylation sites (N-methyl/N-ethyl adjacent to an activating group) is 1. The number of benzene rings is 1. The normalized spacial score (nSPS) is 12.1. The molecule has 0 saturated carbocycles. The standard InChI is InChI=1S/C16H25BrN2O2/c1-5-19(6-2)16(20)12(4)21-15-11(3)9-14(17)10-13(15)7-8-18/h9-10,12H,5-8,18H2,1-4H3. The summed E-state index contributed by atoms with van der Waals surface area (Å²) >= 11 is 3.49. The van der Waals surface area contributed by atoms with Gasteiger partial charge in [0.2, 0.25) is 0 Å². The van der Waals surface area contributed by atoms with Crippen molar-refractivity contribution in [1.82, 2.24) is 4.90 Å². The van der Waals surface area contributed by atoms with Gasteiger partial charge in [0.25, 0.3) is 5.91 Å². The summed E-state index contributed by atoms with van der Waals surface area (Å²) < 4.78 is 6.96. The molecular weight excluding hydrogens is 332 g/mol. The zero-order chi connectivity index (χ0) is 16.0. The Kier molecular flexibility index (Phi) is 7.18. The van der Waals surface area contributed by atoms with Crippen molar-refractivity contribution < 1.29 is 9.53 Å². The van der Waals surface area contributed by atoms with E-state index in [-0.39, 0.29) is 5.91 Å². The van der Waals surface area contributed by atoms with Crippen molar-refractivity contribution in [2.75, 3.05) is 19.6 Å². The first kappa shape index (κ1) is 18.0. The lowest BCUT2D eigenvalue weighted by Gasteiger charge is -2.25. The van der Waals surface area contributed by atoms with Crippen LogP contribution in [0, 0.1) is 6.92 Å². The number of amides is 1. The molecule has 1 amide bonds. The van der Waals surface area contributed by atoms with E-state index in [0.29, 0.717) is 19.6 Å². The van der Waals surface area contributed by atoms with Gasteiger partial charge in [0, 0.05) is 17.6 Å². The molecule has 0 aromatic heterocycles. The van der Waals surface area contributed by atoms with Crippen molar-refractivity contribution in [1.29, 1.82) is 0 Å². The molecule has 0 aliphatic heterocycles. The molecule has 0 aliphatic rings. The van der Waals surface area contributed by atoms with Gasteiger partial charge in [-0.2, -0.15) is 0 Å². The van der Waals surface area contributed by atoms with E-state index in [4.69, 9.17) is 10.5 Å². The molecule has 21 heavy (non-hydrogen) atoms. The smallest absolute Gasteiger partial charge is 0.263 e. The molecule has 1 rings (SSSR count). The zero-order valence-corrected chi connectivity index (χ0v) is 14.9. The molecule has 0 heterocycles. The van der Waals surface area contributed by atoms with Crippen LogP contribution in [0.25, 0.3) is 0 Å². The highest BCUT2D eigenvalue weighted by Crippen LogP contribution is 2.29. The van der Waals surface area contributed by atoms with Gasteiger partial charge in [-0.15, -0.1) is 0 Å². The number of halogens is 1. The van der Waals surface area contributed by atoms with E-state index in [0.717, 1.165) is 27.8 Å². The van der Waals surface area contributed by atoms with E-state index >= 15 is 0 Å². The van der Waals surface area contributed by atoms with E-state index in [9.17, 15) is 4.79 Å². The average molecular weight is 357 g/mol. The molecule has 5 heteroatoms. The highest BCUT2D eigenvalue weighted by atomic mass is 79.9. The molecule has 2 N–H and O–H groups in total. The number of aryl methyl sites for hydroxylation is 1. The van der Waals surface area contributed by atoms with Gasteiger partial charge >= 0.3 is 0 Å². The summed E-state index contributed by atoms with van der Waals surface area (Å²) in [6.45, 7) is 9.65. The van der Waals surface area contributed by atoms with Crippen LogP contribution in [0.3, 0.4) is 0 Å². The van der Waals surface area contributed by atoms with Crippen LogP contribution in [-0.2, 0) is 11.2 Å². The summed E-state index contributed by atoms with van der Waals surface area (Å²) in [5.41, 5.74) is 7.70. The predicted octanol–water partition coefficient (Wildman–Crippen LogP) is 2.89. The molecule has 0 bridgehead atoms. The first-order valence-electron chi connectivity index (χ1n) is 7.39. The van der Waals surface area contributed by atoms with Crippen LogP contribution >= 0.6 is 15.9 Å². The van der Waals surface area contributed by atoms with Crippen molar-refractivity contribution in [2.24, 2.45) is 5.73 Å². The summed E-state index contributed by atoms with van der Waals surface area (Å²) in [6.07, 6.45) is 0.225. The van der Waals surface area contributed by atoms with Crippen molar-refractivity contribution >= 4 is 21.8 Å². The van der Waals surface area contributed by atoms with Crippen molar-refractivity contribution in [3.8, 4) is 5.75 Å². The van der Waals surface area contributed by atoms with Crippen LogP contribution < -0.4 is 10.5 Å². The number of ether oxygens (including phenoxy) is 1. The minimum atomic E-state index is -0.499. The number of nitrogens with zero attached hydrogens (tertiary/aromatic N) is 1. The fraction of sp³-hybridized carbons (Fsp3) is 0.562. The third-order valence-electron chi connectivity index (χ3n) is 3.45. The summed E-state index contributed by atoms with van der Waals surface area (Å²) in [4.78, 5) is 14.1. The van der Waals surface area contributed by atoms with E-state index in [1.54, 1.807) is 11.8 Å². The Hall–Kier alpha value is -1.07. The van der Waals surface area contributed by atoms with Gasteiger partial charge in [-0.05, 0) is 63.9 Å². The predicted molar refractivity (Wildman–Crippen MR) is 89.7 cm³/mol. The van der Waals surface area contributed by atoms with Gasteiger partial charge in [-0.25, -0.2) is 0 Å². The number of hydrogen-bond acceptors (Lipinski definition) is 3. The highest BCUT2D eigenvalue weighted by Gasteiger charge is 2.21. The maximum absolute atomic E-state index is 12.3. The molecule has 4 nitrogen and oxygen atoms in total. The molecule has 1 aromatic rings. The van der Waals surface area contributed by atoms with Crippen LogP contribution in [0.4, 0.5) is 0 Å². The summed E-state index contributed by atoms with van der Waals surface area (Å²) in [7, 11) is 0. The first-order valence-corrected chi connectivity index (χ1v) is 8.18. The largest absolute Gasteiger partial charge is 0.480 e. The average Bonchev–Trinajstić information content (AvgIpc) is 2.43. The monoisotopic (exact) mass is 356 g/mol. The lowest BCUT2D eigenvalue weighted by Crippen LogP contribution is -2.40. The molecule has 0 saturated heterocycles. The minimum absolute atomic E-state index is 0.0148. The number of carbonyl (C=O) groups excluding carboxylic acids is 1. The van der Waals surface area contributed by atoms with Crippen molar-refractivity contribution in [2.45, 2.75) is 40.2 Å². The van der Waals surface area contributed by atoms with Crippen molar-refractivity contribution in [3.63, 3.8) is 0 Å². The Labute approximate surface area is 135 Å². The Balaban J connectivity index is 2.98. The van der Waals surface area contributed by atoms with E-state index in [1.807, 2.05) is 32.9 Å². The quantitative estimate of drug-likeness (QED) is 0.816. The third kappa shape index (κ3) is 4.71. The summed E-state index contributed by atoms with van der Waals surface area (Å²) in [5, 5.41) is 0. The highest BCUT2D eigenvalue weighted by molar-refractivity contribution is 9.10. The SMILES string of the molecule is CCN(CC)C(=O)C(C)Oc1c(C)cc(Br)cc1CCN. The molecular formula is C16H25BrN2O2. The molecule has 0 aliphatic carbocycles. The maximum atomic E-state index is 12.3. The number of carbonyl (C=O) groups is 1. The lowest BCUT2D eigenvalue weighted by atomic mass is 10.1. The van der Waals surface area contributed by atoms with Gasteiger partial charge in [-0.1, -0.05) is 15.9 Å². The molecule has 0 radical (unpaired) electrons. The molecule has 0 spiro atoms. The minimum Gasteiger partial charge on any atom is -0.480 e. The van der Waals surface area contributed by atoms with Gasteiger partial charge in [-0.3, -0.25) is 4.79 Å². The number of rotatable bonds is 7. The van der Waals surface area contributed by atoms with E-state index in [1.165, 1.54) is 0 Å². The first-order chi connectivity index (χ1) is 9.94. The number of hydrogen-bond donors (Lipinski definition) is 1. The topological polar surface area (TPSA) is 55.6 Å². The fourth-order valence-corrected chi connectivity index (χ4v) is 2.95. The molecule has 0 fully saturated rings. The van der Waals surface area contributed by atoms with Crippen LogP contribution in [-0.4, -0.2) is 36.5 Å². The van der Waals surface area contributed by atoms with Gasteiger partial charge in [0.1, 0.15) is 5.75 Å². The van der Waals surface area contributed by atoms with Crippen LogP contribution in [0.15, 0.2) is 16.6 Å². The Morgan fingerprint density at radius 1 is 1.38 bits per heavy atom.